The van der Waals surface area contributed by atoms with Crippen LogP contribution in [0.2, 0.25) is 0 Å². The number of hydrogen-bond donors (Lipinski definition) is 2. The maximum atomic E-state index is 12.1. The van der Waals surface area contributed by atoms with Crippen molar-refractivity contribution >= 4 is 37.8 Å². The quantitative estimate of drug-likeness (QED) is 0.832. The lowest BCUT2D eigenvalue weighted by molar-refractivity contribution is 0.0716. The third-order valence-corrected chi connectivity index (χ3v) is 4.37. The van der Waals surface area contributed by atoms with E-state index in [1.165, 1.54) is 0 Å². The van der Waals surface area contributed by atoms with Gasteiger partial charge >= 0.3 is 0 Å². The van der Waals surface area contributed by atoms with Crippen molar-refractivity contribution in [3.05, 3.63) is 32.7 Å². The number of rotatable bonds is 2. The van der Waals surface area contributed by atoms with Gasteiger partial charge in [-0.25, -0.2) is 0 Å². The molecule has 0 aliphatic heterocycles. The van der Waals surface area contributed by atoms with Crippen molar-refractivity contribution in [2.45, 2.75) is 37.8 Å². The third kappa shape index (κ3) is 3.33. The molecule has 0 unspecified atom stereocenters. The first kappa shape index (κ1) is 14.0. The van der Waals surface area contributed by atoms with E-state index in [-0.39, 0.29) is 11.9 Å². The number of aliphatic hydroxyl groups excluding tert-OH is 1. The first-order valence-electron chi connectivity index (χ1n) is 6.02. The summed E-state index contributed by atoms with van der Waals surface area (Å²) in [4.78, 5) is 12.1. The molecule has 0 saturated heterocycles. The zero-order valence-corrected chi connectivity index (χ0v) is 13.0. The van der Waals surface area contributed by atoms with E-state index >= 15 is 0 Å². The highest BCUT2D eigenvalue weighted by Gasteiger charge is 2.25. The molecule has 18 heavy (non-hydrogen) atoms. The number of benzene rings is 1. The zero-order valence-electron chi connectivity index (χ0n) is 9.83. The summed E-state index contributed by atoms with van der Waals surface area (Å²) in [7, 11) is 0. The Balaban J connectivity index is 2.07. The first-order valence-corrected chi connectivity index (χ1v) is 7.60. The van der Waals surface area contributed by atoms with Crippen LogP contribution in [0, 0.1) is 0 Å². The van der Waals surface area contributed by atoms with Gasteiger partial charge in [0.2, 0.25) is 0 Å². The Kier molecular flexibility index (Phi) is 4.81. The third-order valence-electron chi connectivity index (χ3n) is 3.22. The number of amides is 1. The van der Waals surface area contributed by atoms with Crippen molar-refractivity contribution in [1.29, 1.82) is 0 Å². The van der Waals surface area contributed by atoms with Gasteiger partial charge in [-0.1, -0.05) is 28.8 Å². The summed E-state index contributed by atoms with van der Waals surface area (Å²) in [6.45, 7) is 0. The van der Waals surface area contributed by atoms with E-state index in [2.05, 4.69) is 37.2 Å². The molecule has 0 radical (unpaired) electrons. The fourth-order valence-corrected chi connectivity index (χ4v) is 3.43. The molecule has 0 heterocycles. The van der Waals surface area contributed by atoms with E-state index in [9.17, 15) is 9.90 Å². The highest BCUT2D eigenvalue weighted by molar-refractivity contribution is 9.11. The van der Waals surface area contributed by atoms with Crippen LogP contribution in [0.4, 0.5) is 0 Å². The van der Waals surface area contributed by atoms with Crippen LogP contribution in [0.5, 0.6) is 0 Å². The molecule has 1 saturated carbocycles. The van der Waals surface area contributed by atoms with Crippen LogP contribution in [0.15, 0.2) is 27.1 Å². The number of nitrogens with one attached hydrogen (secondary N) is 1. The molecule has 1 amide bonds. The van der Waals surface area contributed by atoms with Crippen molar-refractivity contribution in [2.24, 2.45) is 0 Å². The molecule has 1 aliphatic carbocycles. The SMILES string of the molecule is O=C(N[C@@H]1CCCC[C@H]1O)c1ccc(Br)cc1Br. The van der Waals surface area contributed by atoms with Crippen LogP contribution in [-0.4, -0.2) is 23.2 Å². The van der Waals surface area contributed by atoms with Crippen molar-refractivity contribution < 1.29 is 9.90 Å². The van der Waals surface area contributed by atoms with Crippen LogP contribution in [0.3, 0.4) is 0 Å². The second-order valence-corrected chi connectivity index (χ2v) is 6.33. The lowest BCUT2D eigenvalue weighted by atomic mass is 9.92. The predicted octanol–water partition coefficient (Wildman–Crippen LogP) is 3.24. The highest BCUT2D eigenvalue weighted by atomic mass is 79.9. The highest BCUT2D eigenvalue weighted by Crippen LogP contribution is 2.23. The summed E-state index contributed by atoms with van der Waals surface area (Å²) in [6.07, 6.45) is 3.30. The smallest absolute Gasteiger partial charge is 0.252 e. The average molecular weight is 377 g/mol. The van der Waals surface area contributed by atoms with Crippen LogP contribution in [0.1, 0.15) is 36.0 Å². The Morgan fingerprint density at radius 3 is 2.67 bits per heavy atom. The second kappa shape index (κ2) is 6.17. The summed E-state index contributed by atoms with van der Waals surface area (Å²) in [5, 5.41) is 12.8. The predicted molar refractivity (Wildman–Crippen MR) is 77.6 cm³/mol. The van der Waals surface area contributed by atoms with E-state index in [0.29, 0.717) is 5.56 Å². The molecule has 0 aromatic heterocycles. The van der Waals surface area contributed by atoms with E-state index in [0.717, 1.165) is 34.6 Å². The zero-order chi connectivity index (χ0) is 13.1. The minimum Gasteiger partial charge on any atom is -0.391 e. The first-order chi connectivity index (χ1) is 8.58. The number of carbonyl (C=O) groups excluding carboxylic acids is 1. The van der Waals surface area contributed by atoms with Gasteiger partial charge in [0.15, 0.2) is 0 Å². The Morgan fingerprint density at radius 1 is 1.28 bits per heavy atom. The lowest BCUT2D eigenvalue weighted by Crippen LogP contribution is -2.45. The molecule has 0 spiro atoms. The van der Waals surface area contributed by atoms with Crippen LogP contribution >= 0.6 is 31.9 Å². The van der Waals surface area contributed by atoms with Gasteiger partial charge in [-0.05, 0) is 47.0 Å². The normalized spacial score (nSPS) is 23.7. The minimum atomic E-state index is -0.420. The average Bonchev–Trinajstić information content (AvgIpc) is 2.32. The Bertz CT molecular complexity index is 451. The molecule has 98 valence electrons. The Hall–Kier alpha value is -0.390. The Labute approximate surface area is 123 Å². The molecule has 3 nitrogen and oxygen atoms in total. The van der Waals surface area contributed by atoms with E-state index in [1.54, 1.807) is 6.07 Å². The minimum absolute atomic E-state index is 0.123. The lowest BCUT2D eigenvalue weighted by Gasteiger charge is -2.28. The molecular weight excluding hydrogens is 362 g/mol. The summed E-state index contributed by atoms with van der Waals surface area (Å²) < 4.78 is 1.67. The number of carbonyl (C=O) groups is 1. The van der Waals surface area contributed by atoms with Gasteiger partial charge in [-0.15, -0.1) is 0 Å². The molecule has 2 atom stereocenters. The fourth-order valence-electron chi connectivity index (χ4n) is 2.20. The molecule has 1 fully saturated rings. The molecule has 5 heteroatoms. The maximum Gasteiger partial charge on any atom is 0.252 e. The number of hydrogen-bond acceptors (Lipinski definition) is 2. The van der Waals surface area contributed by atoms with Crippen molar-refractivity contribution in [1.82, 2.24) is 5.32 Å². The van der Waals surface area contributed by atoms with E-state index < -0.39 is 6.10 Å². The van der Waals surface area contributed by atoms with Gasteiger partial charge < -0.3 is 10.4 Å². The van der Waals surface area contributed by atoms with Crippen LogP contribution in [0.25, 0.3) is 0 Å². The largest absolute Gasteiger partial charge is 0.391 e. The van der Waals surface area contributed by atoms with Gasteiger partial charge in [0.1, 0.15) is 0 Å². The van der Waals surface area contributed by atoms with Crippen molar-refractivity contribution in [3.63, 3.8) is 0 Å². The van der Waals surface area contributed by atoms with Crippen LogP contribution < -0.4 is 5.32 Å². The van der Waals surface area contributed by atoms with E-state index in [4.69, 9.17) is 0 Å². The van der Waals surface area contributed by atoms with Gasteiger partial charge in [0.05, 0.1) is 17.7 Å². The maximum absolute atomic E-state index is 12.1. The summed E-state index contributed by atoms with van der Waals surface area (Å²) in [5.41, 5.74) is 0.593. The molecule has 0 bridgehead atoms. The van der Waals surface area contributed by atoms with Gasteiger partial charge in [0, 0.05) is 8.95 Å². The van der Waals surface area contributed by atoms with Crippen molar-refractivity contribution in [3.8, 4) is 0 Å². The number of halogens is 2. The van der Waals surface area contributed by atoms with Gasteiger partial charge in [0.25, 0.3) is 5.91 Å². The monoisotopic (exact) mass is 375 g/mol. The molecular formula is C13H15Br2NO2. The summed E-state index contributed by atoms with van der Waals surface area (Å²) in [5.74, 6) is -0.139. The standard InChI is InChI=1S/C13H15Br2NO2/c14-8-5-6-9(10(15)7-8)13(18)16-11-3-1-2-4-12(11)17/h5-7,11-12,17H,1-4H2,(H,16,18)/t11-,12-/m1/s1. The van der Waals surface area contributed by atoms with Crippen LogP contribution in [-0.2, 0) is 0 Å². The second-order valence-electron chi connectivity index (χ2n) is 4.56. The fraction of sp³-hybridized carbons (Fsp3) is 0.462. The molecule has 1 aromatic rings. The van der Waals surface area contributed by atoms with E-state index in [1.807, 2.05) is 12.1 Å². The Morgan fingerprint density at radius 2 is 2.00 bits per heavy atom. The van der Waals surface area contributed by atoms with Gasteiger partial charge in [-0.2, -0.15) is 0 Å². The van der Waals surface area contributed by atoms with Crippen molar-refractivity contribution in [2.75, 3.05) is 0 Å². The summed E-state index contributed by atoms with van der Waals surface area (Å²) >= 11 is 6.73. The molecule has 2 N–H and O–H groups in total. The molecule has 2 rings (SSSR count). The molecule has 1 aliphatic rings. The van der Waals surface area contributed by atoms with Gasteiger partial charge in [-0.3, -0.25) is 4.79 Å². The topological polar surface area (TPSA) is 49.3 Å². The molecule has 1 aromatic carbocycles. The number of aliphatic hydroxyl groups is 1. The summed E-state index contributed by atoms with van der Waals surface area (Å²) in [6, 6.07) is 5.31.